The van der Waals surface area contributed by atoms with E-state index in [0.29, 0.717) is 5.92 Å². The predicted octanol–water partition coefficient (Wildman–Crippen LogP) is 2.86. The zero-order valence-corrected chi connectivity index (χ0v) is 10.6. The normalized spacial score (nSPS) is 20.1. The Bertz CT molecular complexity index is 392. The van der Waals surface area contributed by atoms with Crippen molar-refractivity contribution in [2.45, 2.75) is 39.2 Å². The molecule has 0 aliphatic carbocycles. The van der Waals surface area contributed by atoms with Crippen molar-refractivity contribution in [3.8, 4) is 0 Å². The second-order valence-corrected chi connectivity index (χ2v) is 5.27. The van der Waals surface area contributed by atoms with Crippen LogP contribution in [0.1, 0.15) is 44.7 Å². The van der Waals surface area contributed by atoms with Crippen LogP contribution in [0.3, 0.4) is 0 Å². The van der Waals surface area contributed by atoms with Crippen molar-refractivity contribution in [2.75, 3.05) is 18.0 Å². The third-order valence-electron chi connectivity index (χ3n) is 3.48. The Morgan fingerprint density at radius 1 is 1.44 bits per heavy atom. The van der Waals surface area contributed by atoms with Gasteiger partial charge in [0.05, 0.1) is 5.60 Å². The molecule has 0 saturated heterocycles. The minimum absolute atomic E-state index is 0.603. The number of hydrogen-bond acceptors (Lipinski definition) is 2. The van der Waals surface area contributed by atoms with Gasteiger partial charge in [0.15, 0.2) is 0 Å². The Morgan fingerprint density at radius 2 is 2.12 bits per heavy atom. The second kappa shape index (κ2) is 3.77. The van der Waals surface area contributed by atoms with Gasteiger partial charge in [-0.25, -0.2) is 0 Å². The highest BCUT2D eigenvalue weighted by Crippen LogP contribution is 2.38. The van der Waals surface area contributed by atoms with Crippen LogP contribution < -0.4 is 4.90 Å². The van der Waals surface area contributed by atoms with Gasteiger partial charge in [0, 0.05) is 24.7 Å². The van der Waals surface area contributed by atoms with Gasteiger partial charge in [-0.15, -0.1) is 0 Å². The van der Waals surface area contributed by atoms with Crippen molar-refractivity contribution in [2.24, 2.45) is 0 Å². The van der Waals surface area contributed by atoms with Crippen LogP contribution in [0.5, 0.6) is 0 Å². The van der Waals surface area contributed by atoms with Gasteiger partial charge < -0.3 is 10.0 Å². The van der Waals surface area contributed by atoms with E-state index >= 15 is 0 Å². The molecule has 1 heterocycles. The Hall–Kier alpha value is -1.02. The Kier molecular flexibility index (Phi) is 2.70. The molecule has 88 valence electrons. The summed E-state index contributed by atoms with van der Waals surface area (Å²) < 4.78 is 0. The quantitative estimate of drug-likeness (QED) is 0.826. The van der Waals surface area contributed by atoms with E-state index in [0.717, 1.165) is 18.7 Å². The summed E-state index contributed by atoms with van der Waals surface area (Å²) in [4.78, 5) is 2.38. The summed E-state index contributed by atoms with van der Waals surface area (Å²) in [5.41, 5.74) is 2.96. The number of fused-ring (bicyclic) bond motifs is 1. The fourth-order valence-electron chi connectivity index (χ4n) is 2.44. The molecule has 0 saturated carbocycles. The van der Waals surface area contributed by atoms with Crippen molar-refractivity contribution in [1.82, 2.24) is 0 Å². The second-order valence-electron chi connectivity index (χ2n) is 5.27. The monoisotopic (exact) mass is 219 g/mol. The number of rotatable bonds is 2. The van der Waals surface area contributed by atoms with Crippen LogP contribution in [-0.4, -0.2) is 18.2 Å². The molecule has 2 heteroatoms. The molecule has 1 aromatic carbocycles. The van der Waals surface area contributed by atoms with Gasteiger partial charge in [0.25, 0.3) is 0 Å². The molecule has 0 aromatic heterocycles. The maximum absolute atomic E-state index is 10.0. The van der Waals surface area contributed by atoms with Gasteiger partial charge in [-0.1, -0.05) is 19.1 Å². The molecule has 0 radical (unpaired) electrons. The van der Waals surface area contributed by atoms with Crippen LogP contribution in [0, 0.1) is 0 Å². The van der Waals surface area contributed by atoms with Crippen LogP contribution in [0.25, 0.3) is 0 Å². The van der Waals surface area contributed by atoms with E-state index in [1.54, 1.807) is 0 Å². The fraction of sp³-hybridized carbons (Fsp3) is 0.571. The molecule has 1 aliphatic rings. The lowest BCUT2D eigenvalue weighted by atomic mass is 9.94. The fourth-order valence-corrected chi connectivity index (χ4v) is 2.44. The van der Waals surface area contributed by atoms with Crippen LogP contribution in [0.4, 0.5) is 5.69 Å². The first-order chi connectivity index (χ1) is 7.43. The summed E-state index contributed by atoms with van der Waals surface area (Å²) in [6.45, 7) is 10.2. The molecular weight excluding hydrogens is 198 g/mol. The molecule has 0 amide bonds. The molecule has 16 heavy (non-hydrogen) atoms. The minimum Gasteiger partial charge on any atom is -0.386 e. The highest BCUT2D eigenvalue weighted by Gasteiger charge is 2.26. The van der Waals surface area contributed by atoms with Crippen LogP contribution >= 0.6 is 0 Å². The van der Waals surface area contributed by atoms with Crippen molar-refractivity contribution in [1.29, 1.82) is 0 Å². The lowest BCUT2D eigenvalue weighted by molar-refractivity contribution is 0.0786. The molecule has 1 N–H and O–H groups in total. The van der Waals surface area contributed by atoms with Crippen LogP contribution in [0.15, 0.2) is 18.2 Å². The summed E-state index contributed by atoms with van der Waals surface area (Å²) in [6.07, 6.45) is 0. The smallest absolute Gasteiger partial charge is 0.0841 e. The van der Waals surface area contributed by atoms with E-state index in [1.165, 1.54) is 11.3 Å². The van der Waals surface area contributed by atoms with E-state index in [2.05, 4.69) is 36.9 Å². The number of nitrogens with zero attached hydrogens (tertiary/aromatic N) is 1. The van der Waals surface area contributed by atoms with Gasteiger partial charge in [-0.05, 0) is 38.0 Å². The first kappa shape index (κ1) is 11.5. The minimum atomic E-state index is -0.750. The molecular formula is C14H21NO. The number of likely N-dealkylation sites (N-methyl/N-ethyl adjacent to an activating group) is 1. The van der Waals surface area contributed by atoms with Gasteiger partial charge in [0.2, 0.25) is 0 Å². The third-order valence-corrected chi connectivity index (χ3v) is 3.48. The number of anilines is 1. The molecule has 1 aliphatic heterocycles. The molecule has 2 nitrogen and oxygen atoms in total. The average molecular weight is 219 g/mol. The standard InChI is InChI=1S/C14H21NO/c1-5-15-9-10(2)12-7-6-11(8-13(12)15)14(3,4)16/h6-8,10,16H,5,9H2,1-4H3. The lowest BCUT2D eigenvalue weighted by Crippen LogP contribution is -2.21. The van der Waals surface area contributed by atoms with E-state index < -0.39 is 5.60 Å². The summed E-state index contributed by atoms with van der Waals surface area (Å²) in [5, 5.41) is 10.0. The summed E-state index contributed by atoms with van der Waals surface area (Å²) in [6, 6.07) is 6.36. The summed E-state index contributed by atoms with van der Waals surface area (Å²) in [7, 11) is 0. The SMILES string of the molecule is CCN1CC(C)c2ccc(C(C)(C)O)cc21. The van der Waals surface area contributed by atoms with Gasteiger partial charge >= 0.3 is 0 Å². The molecule has 0 bridgehead atoms. The molecule has 1 aromatic rings. The van der Waals surface area contributed by atoms with Crippen LogP contribution in [-0.2, 0) is 5.60 Å². The Labute approximate surface area is 97.9 Å². The number of aliphatic hydroxyl groups is 1. The predicted molar refractivity (Wildman–Crippen MR) is 68.0 cm³/mol. The van der Waals surface area contributed by atoms with Crippen molar-refractivity contribution in [3.05, 3.63) is 29.3 Å². The summed E-state index contributed by atoms with van der Waals surface area (Å²) >= 11 is 0. The van der Waals surface area contributed by atoms with Crippen molar-refractivity contribution < 1.29 is 5.11 Å². The summed E-state index contributed by atoms with van der Waals surface area (Å²) in [5.74, 6) is 0.603. The highest BCUT2D eigenvalue weighted by molar-refractivity contribution is 5.61. The molecule has 0 fully saturated rings. The zero-order valence-electron chi connectivity index (χ0n) is 10.6. The molecule has 0 spiro atoms. The first-order valence-electron chi connectivity index (χ1n) is 6.05. The van der Waals surface area contributed by atoms with Gasteiger partial charge in [0.1, 0.15) is 0 Å². The molecule has 2 rings (SSSR count). The highest BCUT2D eigenvalue weighted by atomic mass is 16.3. The number of hydrogen-bond donors (Lipinski definition) is 1. The van der Waals surface area contributed by atoms with E-state index in [4.69, 9.17) is 0 Å². The molecule has 1 atom stereocenters. The van der Waals surface area contributed by atoms with Crippen LogP contribution in [0.2, 0.25) is 0 Å². The molecule has 1 unspecified atom stereocenters. The van der Waals surface area contributed by atoms with Crippen molar-refractivity contribution in [3.63, 3.8) is 0 Å². The maximum Gasteiger partial charge on any atom is 0.0841 e. The largest absolute Gasteiger partial charge is 0.386 e. The Balaban J connectivity index is 2.46. The Morgan fingerprint density at radius 3 is 2.69 bits per heavy atom. The number of benzene rings is 1. The van der Waals surface area contributed by atoms with E-state index in [-0.39, 0.29) is 0 Å². The van der Waals surface area contributed by atoms with Gasteiger partial charge in [-0.2, -0.15) is 0 Å². The van der Waals surface area contributed by atoms with E-state index in [9.17, 15) is 5.11 Å². The maximum atomic E-state index is 10.0. The lowest BCUT2D eigenvalue weighted by Gasteiger charge is -2.22. The third kappa shape index (κ3) is 1.82. The topological polar surface area (TPSA) is 23.5 Å². The van der Waals surface area contributed by atoms with Crippen molar-refractivity contribution >= 4 is 5.69 Å². The van der Waals surface area contributed by atoms with E-state index in [1.807, 2.05) is 13.8 Å². The average Bonchev–Trinajstić information content (AvgIpc) is 2.54. The van der Waals surface area contributed by atoms with Gasteiger partial charge in [-0.3, -0.25) is 0 Å². The zero-order chi connectivity index (χ0) is 11.9. The first-order valence-corrected chi connectivity index (χ1v) is 6.05.